The molecule has 0 unspecified atom stereocenters. The summed E-state index contributed by atoms with van der Waals surface area (Å²) in [6.45, 7) is 2.63. The first-order valence-corrected chi connectivity index (χ1v) is 10.9. The summed E-state index contributed by atoms with van der Waals surface area (Å²) in [6.07, 6.45) is 1.54. The maximum Gasteiger partial charge on any atom is 0.271 e. The summed E-state index contributed by atoms with van der Waals surface area (Å²) in [7, 11) is 0. The molecule has 3 aromatic carbocycles. The fourth-order valence-corrected chi connectivity index (χ4v) is 3.35. The number of carbonyl (C=O) groups excluding carboxylic acids is 1. The van der Waals surface area contributed by atoms with Gasteiger partial charge in [0.15, 0.2) is 11.5 Å². The van der Waals surface area contributed by atoms with Gasteiger partial charge >= 0.3 is 0 Å². The minimum atomic E-state index is -0.298. The third-order valence-corrected chi connectivity index (χ3v) is 5.27. The molecule has 0 aliphatic carbocycles. The summed E-state index contributed by atoms with van der Waals surface area (Å²) in [6, 6.07) is 17.7. The lowest BCUT2D eigenvalue weighted by Gasteiger charge is -2.13. The van der Waals surface area contributed by atoms with E-state index in [1.807, 2.05) is 19.1 Å². The van der Waals surface area contributed by atoms with Crippen LogP contribution in [0.4, 0.5) is 0 Å². The average Bonchev–Trinajstić information content (AvgIpc) is 2.75. The third kappa shape index (κ3) is 6.72. The lowest BCUT2D eigenvalue weighted by atomic mass is 10.2. The van der Waals surface area contributed by atoms with Gasteiger partial charge in [0, 0.05) is 25.6 Å². The van der Waals surface area contributed by atoms with E-state index in [-0.39, 0.29) is 12.5 Å². The third-order valence-electron chi connectivity index (χ3n) is 4.15. The number of hydrazone groups is 1. The molecular formula is C23H19BrCl2N2O3. The highest BCUT2D eigenvalue weighted by atomic mass is 79.9. The van der Waals surface area contributed by atoms with Gasteiger partial charge < -0.3 is 9.47 Å². The van der Waals surface area contributed by atoms with Gasteiger partial charge in [-0.25, -0.2) is 5.43 Å². The Labute approximate surface area is 199 Å². The monoisotopic (exact) mass is 520 g/mol. The second kappa shape index (κ2) is 11.2. The summed E-state index contributed by atoms with van der Waals surface area (Å²) in [5, 5.41) is 5.13. The van der Waals surface area contributed by atoms with Crippen LogP contribution < -0.4 is 14.9 Å². The molecule has 5 nitrogen and oxygen atoms in total. The van der Waals surface area contributed by atoms with Crippen molar-refractivity contribution in [3.8, 4) is 11.5 Å². The van der Waals surface area contributed by atoms with Crippen molar-refractivity contribution in [2.24, 2.45) is 5.10 Å². The Bertz CT molecular complexity index is 1090. The molecule has 0 aromatic heterocycles. The van der Waals surface area contributed by atoms with E-state index < -0.39 is 0 Å². The average molecular weight is 522 g/mol. The summed E-state index contributed by atoms with van der Waals surface area (Å²) in [5.74, 6) is 0.841. The molecule has 3 aromatic rings. The fourth-order valence-electron chi connectivity index (χ4n) is 2.62. The van der Waals surface area contributed by atoms with E-state index in [4.69, 9.17) is 32.7 Å². The summed E-state index contributed by atoms with van der Waals surface area (Å²) in [5.41, 5.74) is 4.58. The number of halogens is 3. The van der Waals surface area contributed by atoms with Gasteiger partial charge in [-0.05, 0) is 67.1 Å². The minimum Gasteiger partial charge on any atom is -0.490 e. The van der Waals surface area contributed by atoms with Gasteiger partial charge in [-0.3, -0.25) is 4.79 Å². The van der Waals surface area contributed by atoms with Gasteiger partial charge in [0.1, 0.15) is 6.61 Å². The van der Waals surface area contributed by atoms with Crippen LogP contribution in [0, 0.1) is 0 Å². The molecule has 0 saturated carbocycles. The van der Waals surface area contributed by atoms with Gasteiger partial charge in [-0.1, -0.05) is 45.2 Å². The number of nitrogens with zero attached hydrogens (tertiary/aromatic N) is 1. The largest absolute Gasteiger partial charge is 0.490 e. The highest BCUT2D eigenvalue weighted by Gasteiger charge is 2.09. The molecule has 0 aliphatic heterocycles. The van der Waals surface area contributed by atoms with E-state index in [1.54, 1.807) is 54.7 Å². The van der Waals surface area contributed by atoms with Crippen molar-refractivity contribution in [1.82, 2.24) is 5.43 Å². The number of hydrogen-bond acceptors (Lipinski definition) is 4. The van der Waals surface area contributed by atoms with Crippen molar-refractivity contribution in [3.63, 3.8) is 0 Å². The zero-order valence-corrected chi connectivity index (χ0v) is 19.7. The number of amides is 1. The zero-order valence-electron chi connectivity index (χ0n) is 16.6. The van der Waals surface area contributed by atoms with Crippen molar-refractivity contribution in [2.45, 2.75) is 13.5 Å². The van der Waals surface area contributed by atoms with Crippen molar-refractivity contribution in [2.75, 3.05) is 6.61 Å². The second-order valence-electron chi connectivity index (χ2n) is 6.37. The number of ether oxygens (including phenoxy) is 2. The number of carbonyl (C=O) groups is 1. The second-order valence-corrected chi connectivity index (χ2v) is 8.13. The Hall–Kier alpha value is -2.54. The Morgan fingerprint density at radius 2 is 1.81 bits per heavy atom. The molecule has 0 bridgehead atoms. The Morgan fingerprint density at radius 3 is 2.52 bits per heavy atom. The van der Waals surface area contributed by atoms with E-state index in [2.05, 4.69) is 26.5 Å². The maximum absolute atomic E-state index is 12.1. The van der Waals surface area contributed by atoms with Crippen LogP contribution >= 0.6 is 39.1 Å². The van der Waals surface area contributed by atoms with Crippen molar-refractivity contribution in [1.29, 1.82) is 0 Å². The number of hydrogen-bond donors (Lipinski definition) is 1. The molecule has 160 valence electrons. The molecule has 0 spiro atoms. The number of rotatable bonds is 8. The number of nitrogens with one attached hydrogen (secondary N) is 1. The van der Waals surface area contributed by atoms with E-state index >= 15 is 0 Å². The van der Waals surface area contributed by atoms with Crippen LogP contribution in [0.1, 0.15) is 28.4 Å². The van der Waals surface area contributed by atoms with E-state index in [1.165, 1.54) is 0 Å². The lowest BCUT2D eigenvalue weighted by molar-refractivity contribution is 0.0955. The molecule has 8 heteroatoms. The van der Waals surface area contributed by atoms with Crippen LogP contribution in [0.2, 0.25) is 10.0 Å². The van der Waals surface area contributed by atoms with Crippen LogP contribution in [0.3, 0.4) is 0 Å². The van der Waals surface area contributed by atoms with E-state index in [0.717, 1.165) is 15.6 Å². The summed E-state index contributed by atoms with van der Waals surface area (Å²) >= 11 is 15.5. The standard InChI is InChI=1S/C23H19BrCl2N2O3/c1-2-30-22-11-15(13-27-28-23(29)16-4-7-18(24)8-5-16)3-10-21(22)31-14-17-6-9-19(25)12-20(17)26/h3-13H,2,14H2,1H3,(H,28,29)/b27-13-. The topological polar surface area (TPSA) is 59.9 Å². The molecule has 31 heavy (non-hydrogen) atoms. The lowest BCUT2D eigenvalue weighted by Crippen LogP contribution is -2.17. The first kappa shape index (κ1) is 23.1. The van der Waals surface area contributed by atoms with Gasteiger partial charge in [0.25, 0.3) is 5.91 Å². The highest BCUT2D eigenvalue weighted by Crippen LogP contribution is 2.30. The Balaban J connectivity index is 1.66. The van der Waals surface area contributed by atoms with E-state index in [9.17, 15) is 4.79 Å². The molecule has 0 radical (unpaired) electrons. The van der Waals surface area contributed by atoms with Gasteiger partial charge in [0.2, 0.25) is 0 Å². The van der Waals surface area contributed by atoms with Crippen molar-refractivity contribution >= 4 is 51.3 Å². The van der Waals surface area contributed by atoms with E-state index in [0.29, 0.717) is 33.7 Å². The molecular weight excluding hydrogens is 503 g/mol. The highest BCUT2D eigenvalue weighted by molar-refractivity contribution is 9.10. The Morgan fingerprint density at radius 1 is 1.03 bits per heavy atom. The molecule has 0 aliphatic rings. The van der Waals surface area contributed by atoms with Crippen molar-refractivity contribution in [3.05, 3.63) is 91.9 Å². The summed E-state index contributed by atoms with van der Waals surface area (Å²) in [4.78, 5) is 12.1. The normalized spacial score (nSPS) is 10.8. The molecule has 1 amide bonds. The molecule has 0 heterocycles. The predicted molar refractivity (Wildman–Crippen MR) is 128 cm³/mol. The van der Waals surface area contributed by atoms with Gasteiger partial charge in [-0.15, -0.1) is 0 Å². The molecule has 1 N–H and O–H groups in total. The maximum atomic E-state index is 12.1. The van der Waals surface area contributed by atoms with Gasteiger partial charge in [0.05, 0.1) is 12.8 Å². The van der Waals surface area contributed by atoms with Crippen LogP contribution in [0.25, 0.3) is 0 Å². The van der Waals surface area contributed by atoms with Crippen molar-refractivity contribution < 1.29 is 14.3 Å². The molecule has 3 rings (SSSR count). The summed E-state index contributed by atoms with van der Waals surface area (Å²) < 4.78 is 12.5. The fraction of sp³-hybridized carbons (Fsp3) is 0.130. The quantitative estimate of drug-likeness (QED) is 0.272. The van der Waals surface area contributed by atoms with Crippen LogP contribution in [0.5, 0.6) is 11.5 Å². The molecule has 0 saturated heterocycles. The van der Waals surface area contributed by atoms with Gasteiger partial charge in [-0.2, -0.15) is 5.10 Å². The van der Waals surface area contributed by atoms with Crippen LogP contribution in [-0.2, 0) is 6.61 Å². The smallest absolute Gasteiger partial charge is 0.271 e. The SMILES string of the molecule is CCOc1cc(/C=N\NC(=O)c2ccc(Br)cc2)ccc1OCc1ccc(Cl)cc1Cl. The van der Waals surface area contributed by atoms with Crippen LogP contribution in [-0.4, -0.2) is 18.7 Å². The molecule has 0 fully saturated rings. The minimum absolute atomic E-state index is 0.271. The predicted octanol–water partition coefficient (Wildman–Crippen LogP) is 6.50. The number of benzene rings is 3. The zero-order chi connectivity index (χ0) is 22.2. The molecule has 0 atom stereocenters. The Kier molecular flexibility index (Phi) is 8.35. The van der Waals surface area contributed by atoms with Crippen LogP contribution in [0.15, 0.2) is 70.2 Å². The first-order chi connectivity index (χ1) is 15.0. The first-order valence-electron chi connectivity index (χ1n) is 9.39.